The molecule has 20 heavy (non-hydrogen) atoms. The Labute approximate surface area is 116 Å². The Kier molecular flexibility index (Phi) is 4.36. The van der Waals surface area contributed by atoms with Crippen molar-refractivity contribution in [1.82, 2.24) is 4.72 Å². The van der Waals surface area contributed by atoms with E-state index in [1.54, 1.807) is 0 Å². The zero-order valence-corrected chi connectivity index (χ0v) is 11.5. The van der Waals surface area contributed by atoms with Crippen LogP contribution in [0.5, 0.6) is 0 Å². The van der Waals surface area contributed by atoms with Gasteiger partial charge in [-0.05, 0) is 24.8 Å². The molecule has 2 atom stereocenters. The summed E-state index contributed by atoms with van der Waals surface area (Å²) in [5.41, 5.74) is -0.266. The van der Waals surface area contributed by atoms with Gasteiger partial charge >= 0.3 is 0 Å². The zero-order valence-electron chi connectivity index (χ0n) is 10.7. The van der Waals surface area contributed by atoms with E-state index in [0.717, 1.165) is 18.9 Å². The number of hydrogen-bond acceptors (Lipinski definition) is 5. The fourth-order valence-electron chi connectivity index (χ4n) is 2.44. The van der Waals surface area contributed by atoms with E-state index in [-0.39, 0.29) is 29.1 Å². The van der Waals surface area contributed by atoms with Gasteiger partial charge in [0.1, 0.15) is 0 Å². The first-order valence-corrected chi connectivity index (χ1v) is 7.80. The predicted molar refractivity (Wildman–Crippen MR) is 71.6 cm³/mol. The van der Waals surface area contributed by atoms with Gasteiger partial charge in [-0.3, -0.25) is 10.1 Å². The average Bonchev–Trinajstić information content (AvgIpc) is 2.85. The molecule has 0 saturated heterocycles. The second-order valence-corrected chi connectivity index (χ2v) is 6.57. The topological polar surface area (TPSA) is 110 Å². The van der Waals surface area contributed by atoms with Crippen molar-refractivity contribution in [2.24, 2.45) is 5.92 Å². The summed E-state index contributed by atoms with van der Waals surface area (Å²) < 4.78 is 26.9. The van der Waals surface area contributed by atoms with E-state index in [1.165, 1.54) is 18.2 Å². The van der Waals surface area contributed by atoms with Gasteiger partial charge in [-0.15, -0.1) is 0 Å². The molecule has 110 valence electrons. The Morgan fingerprint density at radius 3 is 2.80 bits per heavy atom. The van der Waals surface area contributed by atoms with Crippen LogP contribution in [0, 0.1) is 16.0 Å². The molecule has 1 aromatic carbocycles. The number of benzene rings is 1. The lowest BCUT2D eigenvalue weighted by Gasteiger charge is -2.18. The highest BCUT2D eigenvalue weighted by Crippen LogP contribution is 2.27. The number of nitrogens with one attached hydrogen (secondary N) is 1. The third-order valence-corrected chi connectivity index (χ3v) is 5.03. The monoisotopic (exact) mass is 300 g/mol. The SMILES string of the molecule is O=[N+]([O-])c1cccc(S(=O)(=O)NC2CCCC2CO)c1. The maximum atomic E-state index is 12.2. The number of aliphatic hydroxyl groups is 1. The van der Waals surface area contributed by atoms with Crippen molar-refractivity contribution in [2.75, 3.05) is 6.61 Å². The first-order chi connectivity index (χ1) is 9.44. The molecule has 0 radical (unpaired) electrons. The number of aliphatic hydroxyl groups excluding tert-OH is 1. The summed E-state index contributed by atoms with van der Waals surface area (Å²) in [4.78, 5) is 9.92. The minimum absolute atomic E-state index is 0.0673. The first kappa shape index (κ1) is 14.9. The quantitative estimate of drug-likeness (QED) is 0.623. The molecule has 1 fully saturated rings. The molecule has 0 spiro atoms. The van der Waals surface area contributed by atoms with Gasteiger partial charge in [0.25, 0.3) is 5.69 Å². The number of sulfonamides is 1. The van der Waals surface area contributed by atoms with Gasteiger partial charge in [0, 0.05) is 24.8 Å². The van der Waals surface area contributed by atoms with E-state index in [1.807, 2.05) is 0 Å². The largest absolute Gasteiger partial charge is 0.396 e. The van der Waals surface area contributed by atoms with Gasteiger partial charge in [-0.25, -0.2) is 13.1 Å². The molecule has 1 aliphatic rings. The lowest BCUT2D eigenvalue weighted by atomic mass is 10.1. The van der Waals surface area contributed by atoms with E-state index in [9.17, 15) is 23.6 Å². The Morgan fingerprint density at radius 2 is 2.15 bits per heavy atom. The Morgan fingerprint density at radius 1 is 1.40 bits per heavy atom. The van der Waals surface area contributed by atoms with Crippen molar-refractivity contribution in [1.29, 1.82) is 0 Å². The summed E-state index contributed by atoms with van der Waals surface area (Å²) in [5, 5.41) is 19.9. The highest BCUT2D eigenvalue weighted by Gasteiger charge is 2.31. The summed E-state index contributed by atoms with van der Waals surface area (Å²) in [6.45, 7) is -0.0673. The minimum Gasteiger partial charge on any atom is -0.396 e. The molecule has 1 aromatic rings. The van der Waals surface area contributed by atoms with Crippen LogP contribution in [-0.4, -0.2) is 31.1 Å². The summed E-state index contributed by atoms with van der Waals surface area (Å²) in [5.74, 6) is -0.0940. The van der Waals surface area contributed by atoms with Crippen molar-refractivity contribution >= 4 is 15.7 Å². The van der Waals surface area contributed by atoms with Crippen molar-refractivity contribution in [3.8, 4) is 0 Å². The van der Waals surface area contributed by atoms with Gasteiger partial charge in [0.05, 0.1) is 9.82 Å². The highest BCUT2D eigenvalue weighted by molar-refractivity contribution is 7.89. The molecule has 1 saturated carbocycles. The molecular formula is C12H16N2O5S. The lowest BCUT2D eigenvalue weighted by Crippen LogP contribution is -2.38. The highest BCUT2D eigenvalue weighted by atomic mass is 32.2. The molecular weight excluding hydrogens is 284 g/mol. The van der Waals surface area contributed by atoms with Gasteiger partial charge in [-0.2, -0.15) is 0 Å². The Balaban J connectivity index is 2.22. The maximum Gasteiger partial charge on any atom is 0.270 e. The van der Waals surface area contributed by atoms with Crippen molar-refractivity contribution in [3.63, 3.8) is 0 Å². The summed E-state index contributed by atoms with van der Waals surface area (Å²) in [6, 6.07) is 4.61. The minimum atomic E-state index is -3.81. The fraction of sp³-hybridized carbons (Fsp3) is 0.500. The van der Waals surface area contributed by atoms with E-state index < -0.39 is 14.9 Å². The number of nitro groups is 1. The molecule has 8 heteroatoms. The zero-order chi connectivity index (χ0) is 14.8. The van der Waals surface area contributed by atoms with Gasteiger partial charge in [0.2, 0.25) is 10.0 Å². The molecule has 0 amide bonds. The predicted octanol–water partition coefficient (Wildman–Crippen LogP) is 1.03. The van der Waals surface area contributed by atoms with Gasteiger partial charge < -0.3 is 5.11 Å². The number of nitrogens with zero attached hydrogens (tertiary/aromatic N) is 1. The molecule has 2 N–H and O–H groups in total. The molecule has 7 nitrogen and oxygen atoms in total. The normalized spacial score (nSPS) is 22.9. The lowest BCUT2D eigenvalue weighted by molar-refractivity contribution is -0.385. The van der Waals surface area contributed by atoms with Crippen LogP contribution in [0.4, 0.5) is 5.69 Å². The number of rotatable bonds is 5. The summed E-state index contributed by atoms with van der Waals surface area (Å²) >= 11 is 0. The van der Waals surface area contributed by atoms with Crippen molar-refractivity contribution in [2.45, 2.75) is 30.2 Å². The fourth-order valence-corrected chi connectivity index (χ4v) is 3.82. The van der Waals surface area contributed by atoms with Crippen LogP contribution < -0.4 is 4.72 Å². The maximum absolute atomic E-state index is 12.2. The van der Waals surface area contributed by atoms with Crippen molar-refractivity contribution in [3.05, 3.63) is 34.4 Å². The Hall–Kier alpha value is -1.51. The van der Waals surface area contributed by atoms with Crippen LogP contribution in [0.25, 0.3) is 0 Å². The molecule has 0 aliphatic heterocycles. The van der Waals surface area contributed by atoms with Crippen molar-refractivity contribution < 1.29 is 18.4 Å². The molecule has 2 unspecified atom stereocenters. The second-order valence-electron chi connectivity index (χ2n) is 4.86. The standard InChI is InChI=1S/C12H16N2O5S/c15-8-9-3-1-6-12(9)13-20(18,19)11-5-2-4-10(7-11)14(16)17/h2,4-5,7,9,12-13,15H,1,3,6,8H2. The third kappa shape index (κ3) is 3.14. The average molecular weight is 300 g/mol. The molecule has 1 aliphatic carbocycles. The van der Waals surface area contributed by atoms with Crippen LogP contribution in [0.3, 0.4) is 0 Å². The van der Waals surface area contributed by atoms with Crippen LogP contribution in [0.1, 0.15) is 19.3 Å². The van der Waals surface area contributed by atoms with Gasteiger partial charge in [-0.1, -0.05) is 12.5 Å². The van der Waals surface area contributed by atoms with Crippen LogP contribution in [0.2, 0.25) is 0 Å². The molecule has 0 bridgehead atoms. The molecule has 0 heterocycles. The summed E-state index contributed by atoms with van der Waals surface area (Å²) in [7, 11) is -3.81. The van der Waals surface area contributed by atoms with E-state index in [2.05, 4.69) is 4.72 Å². The Bertz CT molecular complexity index is 602. The number of nitro benzene ring substituents is 1. The van der Waals surface area contributed by atoms with E-state index >= 15 is 0 Å². The molecule has 2 rings (SSSR count). The smallest absolute Gasteiger partial charge is 0.270 e. The second kappa shape index (κ2) is 5.86. The molecule has 0 aromatic heterocycles. The van der Waals surface area contributed by atoms with Crippen LogP contribution in [0.15, 0.2) is 29.2 Å². The third-order valence-electron chi connectivity index (χ3n) is 3.54. The van der Waals surface area contributed by atoms with E-state index in [0.29, 0.717) is 6.42 Å². The van der Waals surface area contributed by atoms with Crippen LogP contribution in [-0.2, 0) is 10.0 Å². The van der Waals surface area contributed by atoms with E-state index in [4.69, 9.17) is 0 Å². The number of hydrogen-bond donors (Lipinski definition) is 2. The number of non-ortho nitro benzene ring substituents is 1. The summed E-state index contributed by atoms with van der Waals surface area (Å²) in [6.07, 6.45) is 2.30. The van der Waals surface area contributed by atoms with Crippen LogP contribution >= 0.6 is 0 Å². The van der Waals surface area contributed by atoms with Gasteiger partial charge in [0.15, 0.2) is 0 Å². The first-order valence-electron chi connectivity index (χ1n) is 6.31.